The molecular formula is C56H80N6O14S4+2. The molecule has 1 aliphatic rings. The lowest BCUT2D eigenvalue weighted by Crippen LogP contribution is -2.31. The quantitative estimate of drug-likeness (QED) is 0.00787. The van der Waals surface area contributed by atoms with Crippen molar-refractivity contribution in [3.63, 3.8) is 0 Å². The lowest BCUT2D eigenvalue weighted by Gasteiger charge is -2.28. The molecule has 0 aliphatic heterocycles. The fraction of sp³-hybridized carbons (Fsp3) is 0.464. The summed E-state index contributed by atoms with van der Waals surface area (Å²) in [5.41, 5.74) is 9.21. The molecule has 2 unspecified atom stereocenters. The molecule has 0 saturated heterocycles. The summed E-state index contributed by atoms with van der Waals surface area (Å²) >= 11 is 2.34. The van der Waals surface area contributed by atoms with Gasteiger partial charge in [-0.1, -0.05) is 10.1 Å². The van der Waals surface area contributed by atoms with E-state index in [4.69, 9.17) is 26.5 Å². The van der Waals surface area contributed by atoms with Crippen LogP contribution in [0, 0.1) is 0 Å². The van der Waals surface area contributed by atoms with Crippen molar-refractivity contribution in [3.05, 3.63) is 121 Å². The van der Waals surface area contributed by atoms with Gasteiger partial charge in [-0.05, 0) is 114 Å². The van der Waals surface area contributed by atoms with Gasteiger partial charge in [0, 0.05) is 166 Å². The first kappa shape index (κ1) is 65.9. The monoisotopic (exact) mass is 1190 g/mol. The van der Waals surface area contributed by atoms with Crippen molar-refractivity contribution < 1.29 is 67.8 Å². The third-order valence-corrected chi connectivity index (χ3v) is 16.2. The molecule has 20 nitrogen and oxygen atoms in total. The summed E-state index contributed by atoms with van der Waals surface area (Å²) < 4.78 is 86.9. The fourth-order valence-corrected chi connectivity index (χ4v) is 11.9. The number of ether oxygens (including phenoxy) is 2. The van der Waals surface area contributed by atoms with Crippen molar-refractivity contribution in [2.45, 2.75) is 53.8 Å². The van der Waals surface area contributed by atoms with Crippen LogP contribution in [-0.4, -0.2) is 162 Å². The number of benzene rings is 4. The van der Waals surface area contributed by atoms with E-state index in [0.29, 0.717) is 24.6 Å². The van der Waals surface area contributed by atoms with Crippen molar-refractivity contribution in [2.24, 2.45) is 0 Å². The molecule has 4 aromatic rings. The highest BCUT2D eigenvalue weighted by molar-refractivity contribution is 7.94. The molecule has 1 aliphatic carbocycles. The average Bonchev–Trinajstić information content (AvgIpc) is 3.47. The Hall–Kier alpha value is -4.90. The molecule has 4 aromatic carbocycles. The zero-order valence-corrected chi connectivity index (χ0v) is 50.9. The summed E-state index contributed by atoms with van der Waals surface area (Å²) in [6, 6.07) is 32.9. The molecule has 2 atom stereocenters. The van der Waals surface area contributed by atoms with E-state index >= 15 is 0 Å². The van der Waals surface area contributed by atoms with Gasteiger partial charge in [-0.15, -0.1) is 8.67 Å². The van der Waals surface area contributed by atoms with E-state index < -0.39 is 32.4 Å². The minimum Gasteiger partial charge on any atom is -0.382 e. The summed E-state index contributed by atoms with van der Waals surface area (Å²) in [7, 11) is -1.84. The van der Waals surface area contributed by atoms with E-state index in [1.807, 2.05) is 72.2 Å². The Kier molecular flexibility index (Phi) is 28.4. The fourth-order valence-electron chi connectivity index (χ4n) is 8.80. The molecule has 24 heteroatoms. The van der Waals surface area contributed by atoms with Crippen molar-refractivity contribution >= 4 is 101 Å². The van der Waals surface area contributed by atoms with Gasteiger partial charge in [-0.25, -0.2) is 14.4 Å². The molecule has 0 amide bonds. The van der Waals surface area contributed by atoms with Crippen LogP contribution >= 0.6 is 24.1 Å². The Bertz CT molecular complexity index is 2710. The minimum atomic E-state index is -3.81. The molecule has 0 N–H and O–H groups in total. The highest BCUT2D eigenvalue weighted by Gasteiger charge is 2.25. The van der Waals surface area contributed by atoms with Crippen LogP contribution in [0.2, 0.25) is 0 Å². The molecule has 440 valence electrons. The van der Waals surface area contributed by atoms with Gasteiger partial charge < -0.3 is 29.1 Å². The van der Waals surface area contributed by atoms with Crippen LogP contribution in [0.15, 0.2) is 121 Å². The molecule has 0 heterocycles. The highest BCUT2D eigenvalue weighted by atomic mass is 32.2. The smallest absolute Gasteiger partial charge is 0.269 e. The summed E-state index contributed by atoms with van der Waals surface area (Å²) in [6.45, 7) is 16.5. The predicted molar refractivity (Wildman–Crippen MR) is 322 cm³/mol. The molecule has 0 saturated carbocycles. The lowest BCUT2D eigenvalue weighted by atomic mass is 10.1. The van der Waals surface area contributed by atoms with E-state index in [2.05, 4.69) is 125 Å². The van der Waals surface area contributed by atoms with Crippen molar-refractivity contribution in [2.75, 3.05) is 137 Å². The second-order valence-electron chi connectivity index (χ2n) is 18.1. The van der Waals surface area contributed by atoms with Crippen LogP contribution in [0.4, 0.5) is 45.5 Å². The molecule has 0 aromatic heterocycles. The Balaban J connectivity index is 1.55. The van der Waals surface area contributed by atoms with Gasteiger partial charge in [0.15, 0.2) is 12.3 Å². The van der Waals surface area contributed by atoms with Gasteiger partial charge >= 0.3 is 0 Å². The molecule has 0 bridgehead atoms. The molecule has 5 rings (SSSR count). The summed E-state index contributed by atoms with van der Waals surface area (Å²) in [6.07, 6.45) is 7.30. The van der Waals surface area contributed by atoms with E-state index in [1.54, 1.807) is 13.8 Å². The Labute approximate surface area is 482 Å². The number of hydrogen-bond acceptors (Lipinski definition) is 20. The van der Waals surface area contributed by atoms with Crippen molar-refractivity contribution in [1.29, 1.82) is 0 Å². The molecule has 0 radical (unpaired) electrons. The summed E-state index contributed by atoms with van der Waals surface area (Å²) in [4.78, 5) is 17.5. The van der Waals surface area contributed by atoms with E-state index in [9.17, 15) is 16.8 Å². The molecular weight excluding hydrogens is 1110 g/mol. The van der Waals surface area contributed by atoms with Gasteiger partial charge in [0.1, 0.15) is 6.54 Å². The predicted octanol–water partition coefficient (Wildman–Crippen LogP) is 9.59. The normalized spacial score (nSPS) is 13.4. The number of allylic oxidation sites excluding steroid dienone is 4. The van der Waals surface area contributed by atoms with Gasteiger partial charge in [-0.2, -0.15) is 21.4 Å². The van der Waals surface area contributed by atoms with Crippen LogP contribution in [0.1, 0.15) is 41.5 Å². The first-order valence-electron chi connectivity index (χ1n) is 26.5. The third-order valence-electron chi connectivity index (χ3n) is 12.6. The zero-order chi connectivity index (χ0) is 57.9. The maximum absolute atomic E-state index is 12.9. The Morgan fingerprint density at radius 1 is 0.487 bits per heavy atom. The lowest BCUT2D eigenvalue weighted by molar-refractivity contribution is -0.518. The number of nitrogens with zero attached hydrogens (tertiary/aromatic N) is 6. The summed E-state index contributed by atoms with van der Waals surface area (Å²) in [5.74, 6) is 0.925. The van der Waals surface area contributed by atoms with Crippen LogP contribution < -0.4 is 24.2 Å². The number of rotatable bonds is 38. The van der Waals surface area contributed by atoms with Gasteiger partial charge in [-0.3, -0.25) is 8.37 Å². The van der Waals surface area contributed by atoms with Gasteiger partial charge in [0.05, 0.1) is 56.9 Å². The topological polar surface area (TPSA) is 180 Å². The zero-order valence-electron chi connectivity index (χ0n) is 47.6. The number of methoxy groups -OCH3 is 2. The molecule has 0 spiro atoms. The maximum Gasteiger partial charge on any atom is 0.269 e. The summed E-state index contributed by atoms with van der Waals surface area (Å²) in [5, 5.41) is 9.13. The first-order chi connectivity index (χ1) is 38.6. The molecule has 0 fully saturated rings. The second-order valence-corrected chi connectivity index (χ2v) is 23.1. The SMILES string of the molecule is CCN(CCSOOOC)c1ccc([N+](=C2C=CC(=[N+](CC)CCSOOOC)C=C2)c2ccc(N(c3ccc(N(CC)CCS(=O)(=O)OC(C)COC)cc3)c3ccc(N(CC)CCS(=O)(=O)OC(C)COC)cc3)cc2)cc1. The highest BCUT2D eigenvalue weighted by Crippen LogP contribution is 2.38. The average molecular weight is 1190 g/mol. The number of hydrogen-bond donors (Lipinski definition) is 0. The molecule has 80 heavy (non-hydrogen) atoms. The standard InChI is InChI=1S/C56H80N6O14S4/c1-11-57(35-39-77-75-73-69-9)47-15-23-51(24-16-47)61(52-25-17-48(18-26-52)58(12-2)36-40-78-76-74-70-10)55-31-33-56(34-32-55)62(53-27-19-49(20-28-53)59(13-3)37-41-79(63,64)71-45(5)43-67-7)54-29-21-50(22-30-54)60(14-4)38-42-80(65,66)72-46(6)44-68-8/h15-34,45-46H,11-14,35-44H2,1-10H3/q+2. The van der Waals surface area contributed by atoms with Crippen LogP contribution in [0.25, 0.3) is 0 Å². The van der Waals surface area contributed by atoms with Crippen molar-refractivity contribution in [3.8, 4) is 0 Å². The van der Waals surface area contributed by atoms with Gasteiger partial charge in [0.2, 0.25) is 17.1 Å². The first-order valence-corrected chi connectivity index (χ1v) is 31.5. The van der Waals surface area contributed by atoms with Crippen LogP contribution in [0.5, 0.6) is 0 Å². The maximum atomic E-state index is 12.9. The van der Waals surface area contributed by atoms with E-state index in [0.717, 1.165) is 83.1 Å². The third kappa shape index (κ3) is 20.8. The second kappa shape index (κ2) is 34.5. The van der Waals surface area contributed by atoms with E-state index in [-0.39, 0.29) is 37.8 Å². The largest absolute Gasteiger partial charge is 0.382 e. The van der Waals surface area contributed by atoms with E-state index in [1.165, 1.54) is 52.5 Å². The Morgan fingerprint density at radius 2 is 0.850 bits per heavy atom. The Morgan fingerprint density at radius 3 is 1.24 bits per heavy atom. The number of anilines is 6. The van der Waals surface area contributed by atoms with Crippen LogP contribution in [-0.2, 0) is 66.6 Å². The van der Waals surface area contributed by atoms with Crippen molar-refractivity contribution in [1.82, 2.24) is 4.58 Å². The van der Waals surface area contributed by atoms with Crippen LogP contribution in [0.3, 0.4) is 0 Å². The van der Waals surface area contributed by atoms with Gasteiger partial charge in [0.25, 0.3) is 20.2 Å². The minimum absolute atomic E-state index is 0.164.